The molecule has 1 aromatic rings. The molecule has 3 rings (SSSR count). The highest BCUT2D eigenvalue weighted by Gasteiger charge is 2.29. The number of hydrogen-bond acceptors (Lipinski definition) is 3. The Bertz CT molecular complexity index is 535. The summed E-state index contributed by atoms with van der Waals surface area (Å²) < 4.78 is 0. The molecule has 2 saturated heterocycles. The Morgan fingerprint density at radius 2 is 2.05 bits per heavy atom. The van der Waals surface area contributed by atoms with Gasteiger partial charge in [0.15, 0.2) is 0 Å². The average molecular weight is 324 g/mol. The standard InChI is InChI=1S/C17H25N3O.ClH/c1-12-3-4-13(2)16(9-12)19-17(21)11-20-8-7-14-5-6-15(10-20)18-14;/h3-4,9,14-15,18H,5-8,10-11H2,1-2H3,(H,19,21);1H. The number of anilines is 1. The van der Waals surface area contributed by atoms with Gasteiger partial charge in [-0.3, -0.25) is 9.69 Å². The summed E-state index contributed by atoms with van der Waals surface area (Å²) in [5.74, 6) is 0.0986. The van der Waals surface area contributed by atoms with Crippen molar-refractivity contribution in [2.45, 2.75) is 45.2 Å². The highest BCUT2D eigenvalue weighted by Crippen LogP contribution is 2.20. The normalized spacial score (nSPS) is 24.5. The van der Waals surface area contributed by atoms with Gasteiger partial charge in [0.25, 0.3) is 0 Å². The number of aryl methyl sites for hydroxylation is 2. The third-order valence-corrected chi connectivity index (χ3v) is 4.64. The average Bonchev–Trinajstić information content (AvgIpc) is 2.77. The third-order valence-electron chi connectivity index (χ3n) is 4.64. The Morgan fingerprint density at radius 3 is 2.86 bits per heavy atom. The summed E-state index contributed by atoms with van der Waals surface area (Å²) >= 11 is 0. The first-order valence-corrected chi connectivity index (χ1v) is 7.95. The maximum absolute atomic E-state index is 12.3. The van der Waals surface area contributed by atoms with Crippen LogP contribution in [0.2, 0.25) is 0 Å². The Labute approximate surface area is 139 Å². The number of likely N-dealkylation sites (tertiary alicyclic amines) is 1. The summed E-state index contributed by atoms with van der Waals surface area (Å²) in [5.41, 5.74) is 3.23. The van der Waals surface area contributed by atoms with Crippen molar-refractivity contribution in [1.29, 1.82) is 0 Å². The maximum Gasteiger partial charge on any atom is 0.238 e. The quantitative estimate of drug-likeness (QED) is 0.898. The van der Waals surface area contributed by atoms with Crippen molar-refractivity contribution in [1.82, 2.24) is 10.2 Å². The topological polar surface area (TPSA) is 44.4 Å². The summed E-state index contributed by atoms with van der Waals surface area (Å²) in [6.45, 7) is 6.60. The first-order chi connectivity index (χ1) is 10.1. The van der Waals surface area contributed by atoms with Gasteiger partial charge in [-0.15, -0.1) is 12.4 Å². The van der Waals surface area contributed by atoms with Gasteiger partial charge in [0, 0.05) is 30.9 Å². The van der Waals surface area contributed by atoms with Gasteiger partial charge in [-0.2, -0.15) is 0 Å². The van der Waals surface area contributed by atoms with Gasteiger partial charge in [0.2, 0.25) is 5.91 Å². The smallest absolute Gasteiger partial charge is 0.238 e. The van der Waals surface area contributed by atoms with E-state index in [0.29, 0.717) is 18.6 Å². The number of fused-ring (bicyclic) bond motifs is 2. The molecule has 2 heterocycles. The molecular weight excluding hydrogens is 298 g/mol. The summed E-state index contributed by atoms with van der Waals surface area (Å²) in [6, 6.07) is 7.41. The molecule has 0 saturated carbocycles. The molecule has 2 bridgehead atoms. The van der Waals surface area contributed by atoms with E-state index in [1.165, 1.54) is 18.4 Å². The molecule has 22 heavy (non-hydrogen) atoms. The van der Waals surface area contributed by atoms with Crippen LogP contribution in [-0.2, 0) is 4.79 Å². The molecule has 1 amide bonds. The largest absolute Gasteiger partial charge is 0.325 e. The van der Waals surface area contributed by atoms with E-state index < -0.39 is 0 Å². The Hall–Kier alpha value is -1.10. The molecule has 2 fully saturated rings. The van der Waals surface area contributed by atoms with Crippen LogP contribution in [0.5, 0.6) is 0 Å². The fourth-order valence-electron chi connectivity index (χ4n) is 3.42. The van der Waals surface area contributed by atoms with Crippen LogP contribution >= 0.6 is 12.4 Å². The molecule has 0 spiro atoms. The number of carbonyl (C=O) groups is 1. The van der Waals surface area contributed by atoms with E-state index in [0.717, 1.165) is 30.8 Å². The minimum atomic E-state index is 0. The fraction of sp³-hybridized carbons (Fsp3) is 0.588. The lowest BCUT2D eigenvalue weighted by Gasteiger charge is -2.23. The van der Waals surface area contributed by atoms with Crippen molar-refractivity contribution in [3.05, 3.63) is 29.3 Å². The van der Waals surface area contributed by atoms with Crippen LogP contribution in [-0.4, -0.2) is 42.5 Å². The number of carbonyl (C=O) groups excluding carboxylic acids is 1. The van der Waals surface area contributed by atoms with Gasteiger partial charge >= 0.3 is 0 Å². The molecule has 1 aromatic carbocycles. The van der Waals surface area contributed by atoms with E-state index in [1.807, 2.05) is 19.9 Å². The Balaban J connectivity index is 0.00000176. The number of rotatable bonds is 3. The van der Waals surface area contributed by atoms with Gasteiger partial charge in [0.1, 0.15) is 0 Å². The second-order valence-electron chi connectivity index (χ2n) is 6.53. The second-order valence-corrected chi connectivity index (χ2v) is 6.53. The predicted molar refractivity (Wildman–Crippen MR) is 92.8 cm³/mol. The molecule has 2 N–H and O–H groups in total. The summed E-state index contributed by atoms with van der Waals surface area (Å²) in [5, 5.41) is 6.71. The van der Waals surface area contributed by atoms with Crippen LogP contribution in [0.15, 0.2) is 18.2 Å². The van der Waals surface area contributed by atoms with Crippen molar-refractivity contribution < 1.29 is 4.79 Å². The van der Waals surface area contributed by atoms with Crippen LogP contribution in [0.4, 0.5) is 5.69 Å². The van der Waals surface area contributed by atoms with Crippen molar-refractivity contribution >= 4 is 24.0 Å². The van der Waals surface area contributed by atoms with Crippen LogP contribution in [0.3, 0.4) is 0 Å². The number of nitrogens with one attached hydrogen (secondary N) is 2. The maximum atomic E-state index is 12.3. The van der Waals surface area contributed by atoms with E-state index in [1.54, 1.807) is 0 Å². The second kappa shape index (κ2) is 7.44. The van der Waals surface area contributed by atoms with E-state index >= 15 is 0 Å². The van der Waals surface area contributed by atoms with Crippen molar-refractivity contribution in [3.63, 3.8) is 0 Å². The minimum Gasteiger partial charge on any atom is -0.325 e. The van der Waals surface area contributed by atoms with E-state index in [2.05, 4.69) is 27.7 Å². The van der Waals surface area contributed by atoms with Crippen molar-refractivity contribution in [3.8, 4) is 0 Å². The zero-order valence-electron chi connectivity index (χ0n) is 13.4. The molecule has 0 aromatic heterocycles. The highest BCUT2D eigenvalue weighted by molar-refractivity contribution is 5.93. The highest BCUT2D eigenvalue weighted by atomic mass is 35.5. The monoisotopic (exact) mass is 323 g/mol. The van der Waals surface area contributed by atoms with Gasteiger partial charge in [-0.1, -0.05) is 12.1 Å². The lowest BCUT2D eigenvalue weighted by atomic mass is 10.1. The van der Waals surface area contributed by atoms with Gasteiger partial charge in [-0.25, -0.2) is 0 Å². The lowest BCUT2D eigenvalue weighted by Crippen LogP contribution is -2.39. The summed E-state index contributed by atoms with van der Waals surface area (Å²) in [7, 11) is 0. The van der Waals surface area contributed by atoms with E-state index in [4.69, 9.17) is 0 Å². The molecule has 5 heteroatoms. The molecule has 122 valence electrons. The zero-order chi connectivity index (χ0) is 14.8. The van der Waals surface area contributed by atoms with Gasteiger partial charge in [-0.05, 0) is 50.3 Å². The first-order valence-electron chi connectivity index (χ1n) is 7.95. The molecule has 2 aliphatic rings. The predicted octanol–water partition coefficient (Wildman–Crippen LogP) is 2.49. The van der Waals surface area contributed by atoms with Crippen LogP contribution in [0.1, 0.15) is 30.4 Å². The molecule has 0 radical (unpaired) electrons. The minimum absolute atomic E-state index is 0. The van der Waals surface area contributed by atoms with Crippen LogP contribution in [0.25, 0.3) is 0 Å². The number of hydrogen-bond donors (Lipinski definition) is 2. The first kappa shape index (κ1) is 17.3. The van der Waals surface area contributed by atoms with Gasteiger partial charge < -0.3 is 10.6 Å². The number of halogens is 1. The molecule has 0 aliphatic carbocycles. The Kier molecular flexibility index (Phi) is 5.84. The molecular formula is C17H26ClN3O. The number of amides is 1. The lowest BCUT2D eigenvalue weighted by molar-refractivity contribution is -0.117. The number of benzene rings is 1. The van der Waals surface area contributed by atoms with E-state index in [9.17, 15) is 4.79 Å². The molecule has 4 nitrogen and oxygen atoms in total. The molecule has 2 atom stereocenters. The summed E-state index contributed by atoms with van der Waals surface area (Å²) in [6.07, 6.45) is 3.71. The van der Waals surface area contributed by atoms with Gasteiger partial charge in [0.05, 0.1) is 6.54 Å². The SMILES string of the molecule is Cc1ccc(C)c(NC(=O)CN2CCC3CCC(C2)N3)c1.Cl. The van der Waals surface area contributed by atoms with Crippen LogP contribution < -0.4 is 10.6 Å². The zero-order valence-corrected chi connectivity index (χ0v) is 14.2. The summed E-state index contributed by atoms with van der Waals surface area (Å²) in [4.78, 5) is 14.6. The molecule has 2 aliphatic heterocycles. The molecule has 2 unspecified atom stereocenters. The van der Waals surface area contributed by atoms with Crippen molar-refractivity contribution in [2.24, 2.45) is 0 Å². The van der Waals surface area contributed by atoms with Crippen LogP contribution in [0, 0.1) is 13.8 Å². The third kappa shape index (κ3) is 4.22. The number of nitrogens with zero attached hydrogens (tertiary/aromatic N) is 1. The Morgan fingerprint density at radius 1 is 1.27 bits per heavy atom. The fourth-order valence-corrected chi connectivity index (χ4v) is 3.42. The van der Waals surface area contributed by atoms with Crippen molar-refractivity contribution in [2.75, 3.05) is 25.0 Å². The van der Waals surface area contributed by atoms with E-state index in [-0.39, 0.29) is 18.3 Å².